The van der Waals surface area contributed by atoms with Gasteiger partial charge in [0.05, 0.1) is 29.3 Å². The van der Waals surface area contributed by atoms with E-state index in [1.54, 1.807) is 48.9 Å². The predicted molar refractivity (Wildman–Crippen MR) is 157 cm³/mol. The van der Waals surface area contributed by atoms with Gasteiger partial charge in [-0.1, -0.05) is 11.6 Å². The lowest BCUT2D eigenvalue weighted by Crippen LogP contribution is -2.60. The van der Waals surface area contributed by atoms with Crippen LogP contribution in [0.3, 0.4) is 0 Å². The lowest BCUT2D eigenvalue weighted by molar-refractivity contribution is -0.127. The molecule has 42 heavy (non-hydrogen) atoms. The Bertz CT molecular complexity index is 1810. The second-order valence-electron chi connectivity index (χ2n) is 9.82. The van der Waals surface area contributed by atoms with E-state index in [0.29, 0.717) is 47.9 Å². The highest BCUT2D eigenvalue weighted by Gasteiger charge is 2.60. The summed E-state index contributed by atoms with van der Waals surface area (Å²) in [5, 5.41) is 9.56. The third-order valence-corrected chi connectivity index (χ3v) is 9.67. The van der Waals surface area contributed by atoms with Crippen molar-refractivity contribution in [1.29, 1.82) is 5.26 Å². The Kier molecular flexibility index (Phi) is 7.06. The van der Waals surface area contributed by atoms with Gasteiger partial charge in [0, 0.05) is 66.6 Å². The molecule has 4 heterocycles. The molecular weight excluding hydrogens is 576 g/mol. The van der Waals surface area contributed by atoms with Gasteiger partial charge in [-0.15, -0.1) is 0 Å². The Labute approximate surface area is 248 Å². The fraction of sp³-hybridized carbons (Fsp3) is 0.200. The molecule has 1 amide bonds. The molecule has 2 aromatic carbocycles. The molecule has 10 nitrogen and oxygen atoms in total. The van der Waals surface area contributed by atoms with Gasteiger partial charge in [-0.2, -0.15) is 5.26 Å². The van der Waals surface area contributed by atoms with E-state index >= 15 is 0 Å². The summed E-state index contributed by atoms with van der Waals surface area (Å²) in [5.41, 5.74) is 0.719. The first-order chi connectivity index (χ1) is 20.3. The van der Waals surface area contributed by atoms with E-state index in [9.17, 15) is 18.5 Å². The van der Waals surface area contributed by atoms with Crippen LogP contribution < -0.4 is 13.9 Å². The SMILES string of the molecule is COc1ncccc1C1(N2CCN(c3ccncc3)CC2)C(=O)N(S(=O)(=O)c2ccc(C#N)cc2)c2ccc(Cl)cc21. The van der Waals surface area contributed by atoms with E-state index in [1.165, 1.54) is 31.4 Å². The number of halogens is 1. The Hall–Kier alpha value is -4.50. The van der Waals surface area contributed by atoms with Crippen molar-refractivity contribution in [3.8, 4) is 11.9 Å². The van der Waals surface area contributed by atoms with Crippen molar-refractivity contribution in [3.05, 3.63) is 107 Å². The molecule has 2 aromatic heterocycles. The number of pyridine rings is 2. The van der Waals surface area contributed by atoms with E-state index in [-0.39, 0.29) is 16.5 Å². The molecule has 0 aliphatic carbocycles. The number of fused-ring (bicyclic) bond motifs is 1. The smallest absolute Gasteiger partial charge is 0.271 e. The lowest BCUT2D eigenvalue weighted by Gasteiger charge is -2.45. The minimum atomic E-state index is -4.40. The van der Waals surface area contributed by atoms with Crippen molar-refractivity contribution in [2.45, 2.75) is 10.4 Å². The van der Waals surface area contributed by atoms with Crippen molar-refractivity contribution >= 4 is 38.9 Å². The maximum atomic E-state index is 15.0. The highest BCUT2D eigenvalue weighted by Crippen LogP contribution is 2.53. The third kappa shape index (κ3) is 4.27. The normalized spacial score (nSPS) is 18.9. The van der Waals surface area contributed by atoms with Gasteiger partial charge in [-0.25, -0.2) is 17.7 Å². The van der Waals surface area contributed by atoms with E-state index in [0.717, 1.165) is 9.99 Å². The molecule has 1 unspecified atom stereocenters. The maximum Gasteiger partial charge on any atom is 0.271 e. The fourth-order valence-electron chi connectivity index (χ4n) is 5.81. The zero-order valence-corrected chi connectivity index (χ0v) is 24.1. The van der Waals surface area contributed by atoms with Crippen LogP contribution >= 0.6 is 11.6 Å². The molecule has 12 heteroatoms. The van der Waals surface area contributed by atoms with Crippen LogP contribution in [0.25, 0.3) is 0 Å². The maximum absolute atomic E-state index is 15.0. The molecule has 1 saturated heterocycles. The zero-order chi connectivity index (χ0) is 29.5. The van der Waals surface area contributed by atoms with E-state index < -0.39 is 21.5 Å². The number of hydrogen-bond donors (Lipinski definition) is 0. The number of nitrogens with zero attached hydrogens (tertiary/aromatic N) is 6. The van der Waals surface area contributed by atoms with Crippen molar-refractivity contribution in [3.63, 3.8) is 0 Å². The first-order valence-electron chi connectivity index (χ1n) is 13.1. The summed E-state index contributed by atoms with van der Waals surface area (Å²) in [5.74, 6) is -0.487. The second kappa shape index (κ2) is 10.7. The number of aromatic nitrogens is 2. The quantitative estimate of drug-likeness (QED) is 0.325. The second-order valence-corrected chi connectivity index (χ2v) is 12.0. The highest BCUT2D eigenvalue weighted by atomic mass is 35.5. The van der Waals surface area contributed by atoms with Gasteiger partial charge in [0.15, 0.2) is 5.54 Å². The number of rotatable bonds is 6. The standard InChI is InChI=1S/C30H25ClN6O4S/c1-41-28-25(3-2-12-34-28)30(36-17-15-35(16-18-36)23-10-13-33-14-11-23)26-19-22(31)6-9-27(26)37(29(30)38)42(39,40)24-7-4-21(20-32)5-8-24/h2-14,19H,15-18H2,1H3. The van der Waals surface area contributed by atoms with Gasteiger partial charge < -0.3 is 9.64 Å². The topological polar surface area (TPSA) is 120 Å². The van der Waals surface area contributed by atoms with Gasteiger partial charge in [-0.3, -0.25) is 14.7 Å². The van der Waals surface area contributed by atoms with Crippen molar-refractivity contribution in [2.75, 3.05) is 42.5 Å². The van der Waals surface area contributed by atoms with Gasteiger partial charge in [0.2, 0.25) is 5.88 Å². The lowest BCUT2D eigenvalue weighted by atomic mass is 9.82. The highest BCUT2D eigenvalue weighted by molar-refractivity contribution is 7.93. The number of methoxy groups -OCH3 is 1. The number of nitriles is 1. The molecule has 0 N–H and O–H groups in total. The van der Waals surface area contributed by atoms with Gasteiger partial charge in [0.25, 0.3) is 15.9 Å². The molecule has 6 rings (SSSR count). The van der Waals surface area contributed by atoms with Gasteiger partial charge in [0.1, 0.15) is 0 Å². The molecule has 212 valence electrons. The number of carbonyl (C=O) groups is 1. The van der Waals surface area contributed by atoms with Crippen LogP contribution in [0.5, 0.6) is 5.88 Å². The van der Waals surface area contributed by atoms with Gasteiger partial charge in [-0.05, 0) is 66.7 Å². The molecule has 1 fully saturated rings. The molecular formula is C30H25ClN6O4S. The predicted octanol–water partition coefficient (Wildman–Crippen LogP) is 3.81. The molecule has 4 aromatic rings. The van der Waals surface area contributed by atoms with E-state index in [2.05, 4.69) is 14.9 Å². The minimum Gasteiger partial charge on any atom is -0.481 e. The van der Waals surface area contributed by atoms with Crippen LogP contribution in [0.1, 0.15) is 16.7 Å². The van der Waals surface area contributed by atoms with Crippen LogP contribution in [0.4, 0.5) is 11.4 Å². The molecule has 0 bridgehead atoms. The summed E-state index contributed by atoms with van der Waals surface area (Å²) in [6.07, 6.45) is 5.02. The summed E-state index contributed by atoms with van der Waals surface area (Å²) in [4.78, 5) is 27.5. The monoisotopic (exact) mass is 600 g/mol. The molecule has 2 aliphatic rings. The van der Waals surface area contributed by atoms with Crippen LogP contribution in [-0.2, 0) is 20.4 Å². The van der Waals surface area contributed by atoms with Crippen LogP contribution in [0.2, 0.25) is 5.02 Å². The Morgan fingerprint density at radius 2 is 1.67 bits per heavy atom. The molecule has 0 radical (unpaired) electrons. The van der Waals surface area contributed by atoms with Crippen LogP contribution in [0.15, 0.2) is 90.2 Å². The number of ether oxygens (including phenoxy) is 1. The number of amides is 1. The average Bonchev–Trinajstić information content (AvgIpc) is 3.29. The number of anilines is 2. The zero-order valence-electron chi connectivity index (χ0n) is 22.5. The minimum absolute atomic E-state index is 0.118. The summed E-state index contributed by atoms with van der Waals surface area (Å²) in [6, 6.07) is 19.5. The summed E-state index contributed by atoms with van der Waals surface area (Å²) in [7, 11) is -2.94. The van der Waals surface area contributed by atoms with Crippen LogP contribution in [0, 0.1) is 11.3 Å². The average molecular weight is 601 g/mol. The summed E-state index contributed by atoms with van der Waals surface area (Å²) >= 11 is 6.52. The van der Waals surface area contributed by atoms with E-state index in [4.69, 9.17) is 16.3 Å². The number of sulfonamides is 1. The number of hydrogen-bond acceptors (Lipinski definition) is 9. The Morgan fingerprint density at radius 3 is 2.33 bits per heavy atom. The summed E-state index contributed by atoms with van der Waals surface area (Å²) in [6.45, 7) is 1.98. The number of piperazine rings is 1. The fourth-order valence-corrected chi connectivity index (χ4v) is 7.44. The largest absolute Gasteiger partial charge is 0.481 e. The molecule has 1 atom stereocenters. The Morgan fingerprint density at radius 1 is 0.952 bits per heavy atom. The summed E-state index contributed by atoms with van der Waals surface area (Å²) < 4.78 is 34.9. The number of carbonyl (C=O) groups excluding carboxylic acids is 1. The van der Waals surface area contributed by atoms with Gasteiger partial charge >= 0.3 is 0 Å². The van der Waals surface area contributed by atoms with Crippen molar-refractivity contribution < 1.29 is 17.9 Å². The first-order valence-corrected chi connectivity index (χ1v) is 14.9. The third-order valence-electron chi connectivity index (χ3n) is 7.72. The number of benzene rings is 2. The van der Waals surface area contributed by atoms with Crippen molar-refractivity contribution in [2.24, 2.45) is 0 Å². The Balaban J connectivity index is 1.54. The molecule has 0 spiro atoms. The molecule has 0 saturated carbocycles. The van der Waals surface area contributed by atoms with Crippen molar-refractivity contribution in [1.82, 2.24) is 14.9 Å². The van der Waals surface area contributed by atoms with E-state index in [1.807, 2.05) is 23.1 Å². The van der Waals surface area contributed by atoms with Crippen LogP contribution in [-0.4, -0.2) is 62.5 Å². The molecule has 2 aliphatic heterocycles. The first kappa shape index (κ1) is 27.7.